The van der Waals surface area contributed by atoms with Crippen molar-refractivity contribution in [2.75, 3.05) is 5.32 Å². The summed E-state index contributed by atoms with van der Waals surface area (Å²) in [5.41, 5.74) is 3.90. The van der Waals surface area contributed by atoms with Crippen LogP contribution in [0.5, 0.6) is 0 Å². The minimum atomic E-state index is 0.587. The summed E-state index contributed by atoms with van der Waals surface area (Å²) in [4.78, 5) is 0. The Hall–Kier alpha value is -2.29. The summed E-state index contributed by atoms with van der Waals surface area (Å²) in [6, 6.07) is 18.1. The summed E-state index contributed by atoms with van der Waals surface area (Å²) < 4.78 is 1.92. The smallest absolute Gasteiger partial charge is 0.0680 e. The van der Waals surface area contributed by atoms with Gasteiger partial charge in [-0.3, -0.25) is 4.68 Å². The van der Waals surface area contributed by atoms with Crippen LogP contribution in [-0.2, 0) is 7.05 Å². The van der Waals surface area contributed by atoms with E-state index in [0.29, 0.717) is 6.04 Å². The zero-order chi connectivity index (χ0) is 15.6. The molecule has 0 aliphatic heterocycles. The number of nitrogens with zero attached hydrogens (tertiary/aromatic N) is 2. The average Bonchev–Trinajstić information content (AvgIpc) is 2.97. The van der Waals surface area contributed by atoms with Crippen LogP contribution < -0.4 is 5.32 Å². The summed E-state index contributed by atoms with van der Waals surface area (Å²) >= 11 is 0. The summed E-state index contributed by atoms with van der Waals surface area (Å²) in [7, 11) is 1.99. The predicted octanol–water partition coefficient (Wildman–Crippen LogP) is 4.71. The van der Waals surface area contributed by atoms with Crippen molar-refractivity contribution in [3.05, 3.63) is 60.3 Å². The molecule has 0 radical (unpaired) electrons. The number of rotatable bonds is 3. The fourth-order valence-corrected chi connectivity index (χ4v) is 3.79. The molecule has 1 saturated carbocycles. The van der Waals surface area contributed by atoms with Gasteiger partial charge in [0.05, 0.1) is 11.7 Å². The Labute approximate surface area is 137 Å². The van der Waals surface area contributed by atoms with E-state index in [1.165, 1.54) is 47.8 Å². The van der Waals surface area contributed by atoms with Gasteiger partial charge >= 0.3 is 0 Å². The van der Waals surface area contributed by atoms with Gasteiger partial charge in [0.15, 0.2) is 0 Å². The van der Waals surface area contributed by atoms with Crippen LogP contribution in [0, 0.1) is 0 Å². The molecule has 0 atom stereocenters. The van der Waals surface area contributed by atoms with Gasteiger partial charge in [-0.1, -0.05) is 30.3 Å². The molecule has 1 aliphatic carbocycles. The number of anilines is 1. The Bertz CT molecular complexity index is 783. The second-order valence-corrected chi connectivity index (χ2v) is 6.65. The topological polar surface area (TPSA) is 29.9 Å². The predicted molar refractivity (Wildman–Crippen MR) is 95.8 cm³/mol. The monoisotopic (exact) mass is 305 g/mol. The van der Waals surface area contributed by atoms with E-state index in [9.17, 15) is 0 Å². The van der Waals surface area contributed by atoms with E-state index in [0.717, 1.165) is 5.92 Å². The first-order chi connectivity index (χ1) is 11.3. The van der Waals surface area contributed by atoms with Crippen molar-refractivity contribution >= 4 is 16.6 Å². The summed E-state index contributed by atoms with van der Waals surface area (Å²) in [6.45, 7) is 0. The number of aromatic nitrogens is 2. The number of nitrogens with one attached hydrogen (secondary N) is 1. The highest BCUT2D eigenvalue weighted by Gasteiger charge is 2.22. The number of hydrogen-bond acceptors (Lipinski definition) is 2. The van der Waals surface area contributed by atoms with Crippen LogP contribution in [0.2, 0.25) is 0 Å². The van der Waals surface area contributed by atoms with Gasteiger partial charge < -0.3 is 5.32 Å². The molecule has 3 aromatic rings. The summed E-state index contributed by atoms with van der Waals surface area (Å²) in [6.07, 6.45) is 6.97. The van der Waals surface area contributed by atoms with Gasteiger partial charge in [-0.25, -0.2) is 0 Å². The molecule has 118 valence electrons. The number of fused-ring (bicyclic) bond motifs is 1. The maximum absolute atomic E-state index is 4.32. The maximum Gasteiger partial charge on any atom is 0.0680 e. The fraction of sp³-hybridized carbons (Fsp3) is 0.350. The van der Waals surface area contributed by atoms with Crippen molar-refractivity contribution in [2.45, 2.75) is 37.6 Å². The molecule has 1 N–H and O–H groups in total. The van der Waals surface area contributed by atoms with E-state index >= 15 is 0 Å². The van der Waals surface area contributed by atoms with E-state index in [1.807, 2.05) is 17.9 Å². The number of aryl methyl sites for hydroxylation is 1. The molecule has 0 saturated heterocycles. The molecule has 2 aromatic carbocycles. The van der Waals surface area contributed by atoms with E-state index in [4.69, 9.17) is 0 Å². The third-order valence-corrected chi connectivity index (χ3v) is 5.12. The van der Waals surface area contributed by atoms with Crippen LogP contribution >= 0.6 is 0 Å². The van der Waals surface area contributed by atoms with Crippen LogP contribution in [0.3, 0.4) is 0 Å². The minimum Gasteiger partial charge on any atom is -0.382 e. The van der Waals surface area contributed by atoms with E-state index < -0.39 is 0 Å². The van der Waals surface area contributed by atoms with Crippen LogP contribution in [0.4, 0.5) is 5.69 Å². The van der Waals surface area contributed by atoms with Crippen molar-refractivity contribution < 1.29 is 0 Å². The molecule has 0 unspecified atom stereocenters. The lowest BCUT2D eigenvalue weighted by molar-refractivity contribution is 0.412. The molecule has 4 rings (SSSR count). The molecular weight excluding hydrogens is 282 g/mol. The van der Waals surface area contributed by atoms with Crippen molar-refractivity contribution in [1.29, 1.82) is 0 Å². The second kappa shape index (κ2) is 6.07. The number of hydrogen-bond donors (Lipinski definition) is 1. The molecule has 0 spiro atoms. The first-order valence-corrected chi connectivity index (χ1v) is 8.53. The van der Waals surface area contributed by atoms with Crippen LogP contribution in [-0.4, -0.2) is 15.8 Å². The van der Waals surface area contributed by atoms with Crippen molar-refractivity contribution in [3.63, 3.8) is 0 Å². The third kappa shape index (κ3) is 2.96. The highest BCUT2D eigenvalue weighted by molar-refractivity contribution is 5.82. The van der Waals surface area contributed by atoms with Crippen molar-refractivity contribution in [1.82, 2.24) is 9.78 Å². The Balaban J connectivity index is 1.40. The normalized spacial score (nSPS) is 21.4. The van der Waals surface area contributed by atoms with Gasteiger partial charge in [0.1, 0.15) is 0 Å². The molecule has 3 heteroatoms. The highest BCUT2D eigenvalue weighted by Crippen LogP contribution is 2.34. The zero-order valence-electron chi connectivity index (χ0n) is 13.6. The quantitative estimate of drug-likeness (QED) is 0.759. The number of benzene rings is 2. The maximum atomic E-state index is 4.32. The molecule has 1 heterocycles. The third-order valence-electron chi connectivity index (χ3n) is 5.12. The summed E-state index contributed by atoms with van der Waals surface area (Å²) in [5.74, 6) is 0.732. The van der Waals surface area contributed by atoms with Crippen molar-refractivity contribution in [2.24, 2.45) is 7.05 Å². The Morgan fingerprint density at radius 3 is 2.57 bits per heavy atom. The standard InChI is InChI=1S/C20H23N3/c1-23-20-12-11-19(13-17(20)14-21-23)22-18-9-7-16(8-10-18)15-5-3-2-4-6-15/h2-6,11-14,16,18,22H,7-10H2,1H3. The lowest BCUT2D eigenvalue weighted by Crippen LogP contribution is -2.25. The molecular formula is C20H23N3. The average molecular weight is 305 g/mol. The van der Waals surface area contributed by atoms with Crippen molar-refractivity contribution in [3.8, 4) is 0 Å². The molecule has 3 nitrogen and oxygen atoms in total. The lowest BCUT2D eigenvalue weighted by Gasteiger charge is -2.30. The van der Waals surface area contributed by atoms with E-state index in [2.05, 4.69) is 58.9 Å². The minimum absolute atomic E-state index is 0.587. The lowest BCUT2D eigenvalue weighted by atomic mass is 9.82. The highest BCUT2D eigenvalue weighted by atomic mass is 15.2. The van der Waals surface area contributed by atoms with Gasteiger partial charge in [-0.2, -0.15) is 5.10 Å². The van der Waals surface area contributed by atoms with Crippen LogP contribution in [0.1, 0.15) is 37.2 Å². The fourth-order valence-electron chi connectivity index (χ4n) is 3.79. The molecule has 1 aromatic heterocycles. The van der Waals surface area contributed by atoms with Gasteiger partial charge in [0.25, 0.3) is 0 Å². The summed E-state index contributed by atoms with van der Waals surface area (Å²) in [5, 5.41) is 9.24. The Morgan fingerprint density at radius 2 is 1.78 bits per heavy atom. The molecule has 1 aliphatic rings. The van der Waals surface area contributed by atoms with Crippen LogP contribution in [0.15, 0.2) is 54.7 Å². The van der Waals surface area contributed by atoms with Gasteiger partial charge in [0, 0.05) is 24.2 Å². The molecule has 23 heavy (non-hydrogen) atoms. The molecule has 0 bridgehead atoms. The zero-order valence-corrected chi connectivity index (χ0v) is 13.6. The second-order valence-electron chi connectivity index (χ2n) is 6.65. The van der Waals surface area contributed by atoms with Gasteiger partial charge in [-0.05, 0) is 55.4 Å². The molecule has 1 fully saturated rings. The molecule has 0 amide bonds. The van der Waals surface area contributed by atoms with Gasteiger partial charge in [-0.15, -0.1) is 0 Å². The first-order valence-electron chi connectivity index (χ1n) is 8.53. The van der Waals surface area contributed by atoms with E-state index in [-0.39, 0.29) is 0 Å². The first kappa shape index (κ1) is 14.3. The SMILES string of the molecule is Cn1ncc2cc(NC3CCC(c4ccccc4)CC3)ccc21. The van der Waals surface area contributed by atoms with Crippen LogP contribution in [0.25, 0.3) is 10.9 Å². The Kier molecular flexibility index (Phi) is 3.78. The van der Waals surface area contributed by atoms with Gasteiger partial charge in [0.2, 0.25) is 0 Å². The Morgan fingerprint density at radius 1 is 1.00 bits per heavy atom. The largest absolute Gasteiger partial charge is 0.382 e. The van der Waals surface area contributed by atoms with E-state index in [1.54, 1.807) is 0 Å².